The standard InChI is InChI=1S/C17H16F3N5O3S/c1-3-16(2)14(27)25(15(28)23-16)24-11(26)8-29-12-9-6-4-5-7-10(9)21-13(22-12)17(18,19)20/h4-7H,3,8H2,1-2H3,(H,23,28)(H,24,26). The third kappa shape index (κ3) is 4.11. The second kappa shape index (κ2) is 7.50. The Hall–Kier alpha value is -2.89. The Morgan fingerprint density at radius 2 is 1.97 bits per heavy atom. The van der Waals surface area contributed by atoms with Gasteiger partial charge in [-0.2, -0.15) is 18.2 Å². The smallest absolute Gasteiger partial charge is 0.322 e. The fourth-order valence-electron chi connectivity index (χ4n) is 2.60. The molecule has 154 valence electrons. The van der Waals surface area contributed by atoms with Crippen LogP contribution in [0.1, 0.15) is 26.1 Å². The minimum absolute atomic E-state index is 0.0336. The third-order valence-corrected chi connectivity index (χ3v) is 5.36. The monoisotopic (exact) mass is 427 g/mol. The van der Waals surface area contributed by atoms with Crippen molar-refractivity contribution >= 4 is 40.5 Å². The van der Waals surface area contributed by atoms with Crippen LogP contribution in [0.4, 0.5) is 18.0 Å². The minimum atomic E-state index is -4.74. The lowest BCUT2D eigenvalue weighted by molar-refractivity contribution is -0.145. The van der Waals surface area contributed by atoms with E-state index in [0.717, 1.165) is 11.8 Å². The summed E-state index contributed by atoms with van der Waals surface area (Å²) in [7, 11) is 0. The van der Waals surface area contributed by atoms with Gasteiger partial charge < -0.3 is 5.32 Å². The number of nitrogens with zero attached hydrogens (tertiary/aromatic N) is 3. The van der Waals surface area contributed by atoms with Gasteiger partial charge in [-0.1, -0.05) is 36.9 Å². The molecule has 3 rings (SSSR count). The van der Waals surface area contributed by atoms with Crippen molar-refractivity contribution in [2.24, 2.45) is 0 Å². The first kappa shape index (κ1) is 20.8. The van der Waals surface area contributed by atoms with Gasteiger partial charge in [-0.15, -0.1) is 0 Å². The molecule has 2 N–H and O–H groups in total. The SMILES string of the molecule is CCC1(C)NC(=O)N(NC(=O)CSc2nc(C(F)(F)F)nc3ccccc23)C1=O. The maximum atomic E-state index is 13.1. The molecule has 29 heavy (non-hydrogen) atoms. The summed E-state index contributed by atoms with van der Waals surface area (Å²) in [6, 6.07) is 5.33. The molecule has 0 radical (unpaired) electrons. The molecule has 4 amide bonds. The van der Waals surface area contributed by atoms with Crippen LogP contribution >= 0.6 is 11.8 Å². The molecule has 0 bridgehead atoms. The van der Waals surface area contributed by atoms with Crippen molar-refractivity contribution in [3.8, 4) is 0 Å². The van der Waals surface area contributed by atoms with Gasteiger partial charge >= 0.3 is 12.2 Å². The molecule has 12 heteroatoms. The minimum Gasteiger partial charge on any atom is -0.322 e. The normalized spacial score (nSPS) is 19.6. The lowest BCUT2D eigenvalue weighted by Gasteiger charge is -2.19. The topological polar surface area (TPSA) is 104 Å². The average molecular weight is 427 g/mol. The number of urea groups is 1. The van der Waals surface area contributed by atoms with Crippen LogP contribution in [0, 0.1) is 0 Å². The molecule has 2 aromatic rings. The third-order valence-electron chi connectivity index (χ3n) is 4.37. The lowest BCUT2D eigenvalue weighted by atomic mass is 10.00. The number of carbonyl (C=O) groups excluding carboxylic acids is 3. The molecule has 2 heterocycles. The molecule has 1 aromatic heterocycles. The van der Waals surface area contributed by atoms with Crippen LogP contribution in [-0.2, 0) is 15.8 Å². The van der Waals surface area contributed by atoms with Gasteiger partial charge in [0, 0.05) is 5.39 Å². The summed E-state index contributed by atoms with van der Waals surface area (Å²) in [5.41, 5.74) is 1.14. The number of alkyl halides is 3. The molecule has 8 nitrogen and oxygen atoms in total. The molecule has 1 saturated heterocycles. The zero-order valence-corrected chi connectivity index (χ0v) is 16.1. The number of rotatable bonds is 5. The number of amides is 4. The highest BCUT2D eigenvalue weighted by Gasteiger charge is 2.47. The van der Waals surface area contributed by atoms with Crippen LogP contribution in [0.5, 0.6) is 0 Å². The first-order valence-electron chi connectivity index (χ1n) is 8.48. The second-order valence-corrected chi connectivity index (χ2v) is 7.41. The second-order valence-electron chi connectivity index (χ2n) is 6.45. The molecule has 1 aromatic carbocycles. The van der Waals surface area contributed by atoms with E-state index in [4.69, 9.17) is 0 Å². The highest BCUT2D eigenvalue weighted by molar-refractivity contribution is 8.00. The molecule has 1 fully saturated rings. The largest absolute Gasteiger partial charge is 0.451 e. The summed E-state index contributed by atoms with van der Waals surface area (Å²) < 4.78 is 39.2. The Kier molecular flexibility index (Phi) is 5.39. The molecule has 0 spiro atoms. The molecular weight excluding hydrogens is 411 g/mol. The number of nitrogens with one attached hydrogen (secondary N) is 2. The summed E-state index contributed by atoms with van der Waals surface area (Å²) in [5, 5.41) is 3.37. The summed E-state index contributed by atoms with van der Waals surface area (Å²) in [6.07, 6.45) is -4.42. The van der Waals surface area contributed by atoms with Gasteiger partial charge in [-0.3, -0.25) is 15.0 Å². The number of benzene rings is 1. The van der Waals surface area contributed by atoms with Gasteiger partial charge in [0.25, 0.3) is 5.91 Å². The quantitative estimate of drug-likeness (QED) is 0.432. The Morgan fingerprint density at radius 1 is 1.28 bits per heavy atom. The van der Waals surface area contributed by atoms with Crippen molar-refractivity contribution in [2.45, 2.75) is 37.0 Å². The highest BCUT2D eigenvalue weighted by Crippen LogP contribution is 2.32. The first-order chi connectivity index (χ1) is 13.5. The van der Waals surface area contributed by atoms with Crippen molar-refractivity contribution in [3.63, 3.8) is 0 Å². The maximum absolute atomic E-state index is 13.1. The molecule has 1 aliphatic heterocycles. The van der Waals surface area contributed by atoms with E-state index in [1.54, 1.807) is 25.1 Å². The zero-order chi connectivity index (χ0) is 21.4. The van der Waals surface area contributed by atoms with Crippen LogP contribution in [0.2, 0.25) is 0 Å². The van der Waals surface area contributed by atoms with Crippen molar-refractivity contribution in [1.29, 1.82) is 0 Å². The van der Waals surface area contributed by atoms with Crippen molar-refractivity contribution in [1.82, 2.24) is 25.7 Å². The van der Waals surface area contributed by atoms with Crippen LogP contribution < -0.4 is 10.7 Å². The maximum Gasteiger partial charge on any atom is 0.451 e. The number of hydrogen-bond acceptors (Lipinski definition) is 6. The number of fused-ring (bicyclic) bond motifs is 1. The number of carbonyl (C=O) groups is 3. The van der Waals surface area contributed by atoms with E-state index < -0.39 is 35.4 Å². The Bertz CT molecular complexity index is 1000. The number of imide groups is 1. The summed E-state index contributed by atoms with van der Waals surface area (Å²) in [4.78, 5) is 43.5. The summed E-state index contributed by atoms with van der Waals surface area (Å²) >= 11 is 0.747. The van der Waals surface area contributed by atoms with E-state index in [9.17, 15) is 27.6 Å². The predicted octanol–water partition coefficient (Wildman–Crippen LogP) is 2.49. The molecule has 1 aliphatic rings. The summed E-state index contributed by atoms with van der Waals surface area (Å²) in [5.74, 6) is -3.03. The Balaban J connectivity index is 1.76. The first-order valence-corrected chi connectivity index (χ1v) is 9.46. The van der Waals surface area contributed by atoms with Gasteiger partial charge in [-0.05, 0) is 19.4 Å². The average Bonchev–Trinajstić information content (AvgIpc) is 2.88. The zero-order valence-electron chi connectivity index (χ0n) is 15.3. The Morgan fingerprint density at radius 3 is 2.59 bits per heavy atom. The van der Waals surface area contributed by atoms with Gasteiger partial charge in [0.15, 0.2) is 0 Å². The van der Waals surface area contributed by atoms with E-state index in [2.05, 4.69) is 20.7 Å². The molecule has 1 unspecified atom stereocenters. The van der Waals surface area contributed by atoms with Gasteiger partial charge in [0.2, 0.25) is 11.7 Å². The number of halogens is 3. The van der Waals surface area contributed by atoms with E-state index in [-0.39, 0.29) is 16.3 Å². The van der Waals surface area contributed by atoms with Crippen LogP contribution in [-0.4, -0.2) is 44.1 Å². The van der Waals surface area contributed by atoms with Crippen molar-refractivity contribution in [2.75, 3.05) is 5.75 Å². The molecular formula is C17H16F3N5O3S. The summed E-state index contributed by atoms with van der Waals surface area (Å²) in [6.45, 7) is 3.23. The van der Waals surface area contributed by atoms with E-state index in [0.29, 0.717) is 16.8 Å². The number of hydrazine groups is 1. The molecule has 0 saturated carbocycles. The Labute approximate surface area is 167 Å². The van der Waals surface area contributed by atoms with Crippen molar-refractivity contribution < 1.29 is 27.6 Å². The lowest BCUT2D eigenvalue weighted by Crippen LogP contribution is -2.49. The number of thioether (sulfide) groups is 1. The van der Waals surface area contributed by atoms with E-state index in [1.165, 1.54) is 13.0 Å². The predicted molar refractivity (Wildman–Crippen MR) is 97.5 cm³/mol. The van der Waals surface area contributed by atoms with Crippen LogP contribution in [0.3, 0.4) is 0 Å². The molecule has 0 aliphatic carbocycles. The van der Waals surface area contributed by atoms with Crippen LogP contribution in [0.25, 0.3) is 10.9 Å². The number of para-hydroxylation sites is 1. The van der Waals surface area contributed by atoms with E-state index in [1.807, 2.05) is 0 Å². The highest BCUT2D eigenvalue weighted by atomic mass is 32.2. The van der Waals surface area contributed by atoms with Gasteiger partial charge in [0.05, 0.1) is 11.3 Å². The number of aromatic nitrogens is 2. The fraction of sp³-hybridized carbons (Fsp3) is 0.353. The molecule has 1 atom stereocenters. The van der Waals surface area contributed by atoms with E-state index >= 15 is 0 Å². The fourth-order valence-corrected chi connectivity index (χ4v) is 3.41. The van der Waals surface area contributed by atoms with Gasteiger partial charge in [-0.25, -0.2) is 14.8 Å². The van der Waals surface area contributed by atoms with Gasteiger partial charge in [0.1, 0.15) is 10.6 Å². The van der Waals surface area contributed by atoms with Crippen LogP contribution in [0.15, 0.2) is 29.3 Å². The van der Waals surface area contributed by atoms with Crippen molar-refractivity contribution in [3.05, 3.63) is 30.1 Å². The number of hydrogen-bond donors (Lipinski definition) is 2.